The first-order valence-corrected chi connectivity index (χ1v) is 7.74. The van der Waals surface area contributed by atoms with Crippen LogP contribution in [-0.4, -0.2) is 11.8 Å². The van der Waals surface area contributed by atoms with Gasteiger partial charge in [-0.05, 0) is 23.8 Å². The Bertz CT molecular complexity index is 706. The summed E-state index contributed by atoms with van der Waals surface area (Å²) < 4.78 is 0. The van der Waals surface area contributed by atoms with E-state index in [4.69, 9.17) is 4.84 Å². The Morgan fingerprint density at radius 1 is 1.00 bits per heavy atom. The Balaban J connectivity index is 1.92. The summed E-state index contributed by atoms with van der Waals surface area (Å²) in [4.78, 5) is 29.4. The van der Waals surface area contributed by atoms with Gasteiger partial charge >= 0.3 is 0 Å². The lowest BCUT2D eigenvalue weighted by atomic mass is 9.95. The molecule has 126 valence electrons. The summed E-state index contributed by atoms with van der Waals surface area (Å²) in [7, 11) is 0. The number of carbonyl (C=O) groups excluding carboxylic acids is 2. The lowest BCUT2D eigenvalue weighted by Crippen LogP contribution is -2.28. The molecule has 0 aliphatic rings. The van der Waals surface area contributed by atoms with E-state index in [0.717, 1.165) is 5.56 Å². The van der Waals surface area contributed by atoms with Gasteiger partial charge in [-0.3, -0.25) is 14.4 Å². The Morgan fingerprint density at radius 3 is 2.38 bits per heavy atom. The number of hydroxylamine groups is 1. The van der Waals surface area contributed by atoms with Crippen LogP contribution in [0.5, 0.6) is 0 Å². The predicted molar refractivity (Wildman–Crippen MR) is 93.2 cm³/mol. The van der Waals surface area contributed by atoms with Gasteiger partial charge in [0.25, 0.3) is 5.91 Å². The van der Waals surface area contributed by atoms with Crippen LogP contribution in [0.15, 0.2) is 54.6 Å². The molecule has 24 heavy (non-hydrogen) atoms. The number of rotatable bonds is 5. The molecule has 0 aromatic heterocycles. The molecule has 5 nitrogen and oxygen atoms in total. The highest BCUT2D eigenvalue weighted by atomic mass is 16.6. The monoisotopic (exact) mass is 326 g/mol. The number of nitrogens with one attached hydrogen (secondary N) is 2. The first-order valence-electron chi connectivity index (χ1n) is 7.74. The number of anilines is 1. The lowest BCUT2D eigenvalue weighted by Gasteiger charge is -2.18. The molecule has 0 atom stereocenters. The molecule has 0 bridgehead atoms. The topological polar surface area (TPSA) is 67.4 Å². The van der Waals surface area contributed by atoms with E-state index in [1.165, 1.54) is 0 Å². The van der Waals surface area contributed by atoms with Crippen LogP contribution in [-0.2, 0) is 16.2 Å². The maximum absolute atomic E-state index is 12.1. The van der Waals surface area contributed by atoms with Gasteiger partial charge in [-0.1, -0.05) is 57.2 Å². The van der Waals surface area contributed by atoms with Crippen LogP contribution < -0.4 is 10.8 Å². The summed E-state index contributed by atoms with van der Waals surface area (Å²) in [6, 6.07) is 16.3. The van der Waals surface area contributed by atoms with Gasteiger partial charge in [0.2, 0.25) is 5.91 Å². The predicted octanol–water partition coefficient (Wildman–Crippen LogP) is 3.53. The normalized spacial score (nSPS) is 11.0. The van der Waals surface area contributed by atoms with Gasteiger partial charge < -0.3 is 5.32 Å². The van der Waals surface area contributed by atoms with Gasteiger partial charge in [-0.25, -0.2) is 5.48 Å². The highest BCUT2D eigenvalue weighted by molar-refractivity contribution is 5.98. The van der Waals surface area contributed by atoms with Crippen LogP contribution in [0.2, 0.25) is 0 Å². The zero-order chi connectivity index (χ0) is 17.6. The van der Waals surface area contributed by atoms with Crippen LogP contribution in [0.4, 0.5) is 5.69 Å². The van der Waals surface area contributed by atoms with Crippen molar-refractivity contribution in [3.63, 3.8) is 0 Å². The van der Waals surface area contributed by atoms with E-state index in [2.05, 4.69) is 10.8 Å². The third-order valence-electron chi connectivity index (χ3n) is 3.31. The molecule has 0 heterocycles. The molecule has 2 aromatic rings. The van der Waals surface area contributed by atoms with Gasteiger partial charge in [0.15, 0.2) is 0 Å². The molecule has 0 saturated heterocycles. The Hall–Kier alpha value is -2.66. The smallest absolute Gasteiger partial charge is 0.274 e. The fraction of sp³-hybridized carbons (Fsp3) is 0.263. The van der Waals surface area contributed by atoms with Gasteiger partial charge in [0.05, 0.1) is 6.61 Å². The number of carbonyl (C=O) groups is 2. The van der Waals surface area contributed by atoms with E-state index in [9.17, 15) is 9.59 Å². The number of hydrogen-bond donors (Lipinski definition) is 2. The van der Waals surface area contributed by atoms with E-state index in [-0.39, 0.29) is 18.4 Å². The SMILES string of the molecule is CC(C)(C)C(=O)Nc1cccc(C(=O)NOCc2ccccc2)c1. The second-order valence-corrected chi connectivity index (χ2v) is 6.49. The molecule has 5 heteroatoms. The molecule has 0 aliphatic heterocycles. The molecule has 2 amide bonds. The average Bonchev–Trinajstić information content (AvgIpc) is 2.55. The second-order valence-electron chi connectivity index (χ2n) is 6.49. The van der Waals surface area contributed by atoms with Crippen LogP contribution in [0.3, 0.4) is 0 Å². The molecular weight excluding hydrogens is 304 g/mol. The van der Waals surface area contributed by atoms with E-state index in [1.54, 1.807) is 24.3 Å². The van der Waals surface area contributed by atoms with Crippen molar-refractivity contribution in [1.29, 1.82) is 0 Å². The van der Waals surface area contributed by atoms with Gasteiger partial charge in [0, 0.05) is 16.7 Å². The second kappa shape index (κ2) is 7.75. The van der Waals surface area contributed by atoms with Crippen LogP contribution in [0, 0.1) is 5.41 Å². The van der Waals surface area contributed by atoms with Crippen molar-refractivity contribution >= 4 is 17.5 Å². The minimum atomic E-state index is -0.503. The fourth-order valence-corrected chi connectivity index (χ4v) is 1.87. The summed E-state index contributed by atoms with van der Waals surface area (Å²) in [6.07, 6.45) is 0. The van der Waals surface area contributed by atoms with Crippen molar-refractivity contribution in [2.45, 2.75) is 27.4 Å². The molecule has 0 spiro atoms. The molecule has 0 fully saturated rings. The van der Waals surface area contributed by atoms with Crippen LogP contribution in [0.1, 0.15) is 36.7 Å². The van der Waals surface area contributed by atoms with Gasteiger partial charge in [0.1, 0.15) is 0 Å². The molecule has 2 rings (SSSR count). The molecule has 0 unspecified atom stereocenters. The highest BCUT2D eigenvalue weighted by Gasteiger charge is 2.21. The summed E-state index contributed by atoms with van der Waals surface area (Å²) in [6.45, 7) is 5.77. The Labute approximate surface area is 142 Å². The minimum absolute atomic E-state index is 0.111. The van der Waals surface area contributed by atoms with Crippen molar-refractivity contribution in [3.05, 3.63) is 65.7 Å². The number of amides is 2. The highest BCUT2D eigenvalue weighted by Crippen LogP contribution is 2.18. The lowest BCUT2D eigenvalue weighted by molar-refractivity contribution is -0.123. The van der Waals surface area contributed by atoms with Gasteiger partial charge in [-0.2, -0.15) is 0 Å². The maximum Gasteiger partial charge on any atom is 0.274 e. The molecule has 0 saturated carbocycles. The van der Waals surface area contributed by atoms with Crippen molar-refractivity contribution in [3.8, 4) is 0 Å². The summed E-state index contributed by atoms with van der Waals surface area (Å²) in [5, 5.41) is 2.80. The van der Waals surface area contributed by atoms with E-state index in [1.807, 2.05) is 51.1 Å². The van der Waals surface area contributed by atoms with Crippen molar-refractivity contribution in [2.24, 2.45) is 5.41 Å². The fourth-order valence-electron chi connectivity index (χ4n) is 1.87. The largest absolute Gasteiger partial charge is 0.326 e. The molecule has 2 N–H and O–H groups in total. The number of benzene rings is 2. The van der Waals surface area contributed by atoms with E-state index in [0.29, 0.717) is 11.3 Å². The van der Waals surface area contributed by atoms with Gasteiger partial charge in [-0.15, -0.1) is 0 Å². The third kappa shape index (κ3) is 5.21. The standard InChI is InChI=1S/C19H22N2O3/c1-19(2,3)18(23)20-16-11-7-10-15(12-16)17(22)21-24-13-14-8-5-4-6-9-14/h4-12H,13H2,1-3H3,(H,20,23)(H,21,22). The molecule has 0 aliphatic carbocycles. The zero-order valence-electron chi connectivity index (χ0n) is 14.1. The summed E-state index contributed by atoms with van der Waals surface area (Å²) in [5.74, 6) is -0.474. The molecular formula is C19H22N2O3. The number of hydrogen-bond acceptors (Lipinski definition) is 3. The summed E-state index contributed by atoms with van der Waals surface area (Å²) >= 11 is 0. The van der Waals surface area contributed by atoms with Crippen molar-refractivity contribution in [1.82, 2.24) is 5.48 Å². The quantitative estimate of drug-likeness (QED) is 0.826. The Morgan fingerprint density at radius 2 is 1.71 bits per heavy atom. The van der Waals surface area contributed by atoms with Crippen LogP contribution >= 0.6 is 0 Å². The molecule has 2 aromatic carbocycles. The third-order valence-corrected chi connectivity index (χ3v) is 3.31. The van der Waals surface area contributed by atoms with E-state index < -0.39 is 5.41 Å². The summed E-state index contributed by atoms with van der Waals surface area (Å²) in [5.41, 5.74) is 3.85. The molecule has 0 radical (unpaired) electrons. The Kier molecular flexibility index (Phi) is 5.71. The maximum atomic E-state index is 12.1. The van der Waals surface area contributed by atoms with Crippen molar-refractivity contribution < 1.29 is 14.4 Å². The minimum Gasteiger partial charge on any atom is -0.326 e. The zero-order valence-corrected chi connectivity index (χ0v) is 14.1. The van der Waals surface area contributed by atoms with Crippen molar-refractivity contribution in [2.75, 3.05) is 5.32 Å². The van der Waals surface area contributed by atoms with Crippen LogP contribution in [0.25, 0.3) is 0 Å². The first-order chi connectivity index (χ1) is 11.4. The van der Waals surface area contributed by atoms with E-state index >= 15 is 0 Å². The average molecular weight is 326 g/mol. The first kappa shape index (κ1) is 17.7.